The van der Waals surface area contributed by atoms with Gasteiger partial charge in [-0.2, -0.15) is 0 Å². The number of nitrogen functional groups attached to an aromatic ring is 1. The van der Waals surface area contributed by atoms with E-state index >= 15 is 0 Å². The molecule has 0 spiro atoms. The Morgan fingerprint density at radius 1 is 1.11 bits per heavy atom. The number of anilines is 1. The van der Waals surface area contributed by atoms with Crippen LogP contribution in [0.1, 0.15) is 17.2 Å². The molecule has 0 bridgehead atoms. The fourth-order valence-corrected chi connectivity index (χ4v) is 1.81. The molecule has 4 heteroatoms. The molecule has 4 nitrogen and oxygen atoms in total. The van der Waals surface area contributed by atoms with Crippen LogP contribution >= 0.6 is 0 Å². The zero-order valence-corrected chi connectivity index (χ0v) is 10.5. The normalized spacial score (nSPS) is 12.1. The van der Waals surface area contributed by atoms with E-state index in [1.807, 2.05) is 12.1 Å². The van der Waals surface area contributed by atoms with Gasteiger partial charge >= 0.3 is 0 Å². The molecule has 0 fully saturated rings. The molecule has 0 saturated carbocycles. The first-order chi connectivity index (χ1) is 9.20. The van der Waals surface area contributed by atoms with E-state index in [0.717, 1.165) is 5.56 Å². The zero-order valence-electron chi connectivity index (χ0n) is 10.5. The molecule has 0 aliphatic heterocycles. The van der Waals surface area contributed by atoms with Gasteiger partial charge in [-0.25, -0.2) is 0 Å². The van der Waals surface area contributed by atoms with Crippen LogP contribution in [-0.2, 0) is 6.61 Å². The lowest BCUT2D eigenvalue weighted by Gasteiger charge is -2.14. The predicted molar refractivity (Wildman–Crippen MR) is 73.7 cm³/mol. The summed E-state index contributed by atoms with van der Waals surface area (Å²) in [4.78, 5) is 0. The fraction of sp³-hybridized carbons (Fsp3) is 0.200. The van der Waals surface area contributed by atoms with E-state index in [0.29, 0.717) is 17.0 Å². The summed E-state index contributed by atoms with van der Waals surface area (Å²) in [5.41, 5.74) is 7.75. The maximum absolute atomic E-state index is 10.0. The number of ether oxygens (including phenoxy) is 1. The molecule has 19 heavy (non-hydrogen) atoms. The average Bonchev–Trinajstić information content (AvgIpc) is 2.45. The third-order valence-electron chi connectivity index (χ3n) is 2.84. The minimum Gasteiger partial charge on any atom is -0.491 e. The maximum atomic E-state index is 10.0. The van der Waals surface area contributed by atoms with Crippen LogP contribution in [0.25, 0.3) is 0 Å². The van der Waals surface area contributed by atoms with Crippen molar-refractivity contribution < 1.29 is 14.9 Å². The molecule has 1 unspecified atom stereocenters. The van der Waals surface area contributed by atoms with Crippen LogP contribution in [0.3, 0.4) is 0 Å². The minimum atomic E-state index is -0.779. The summed E-state index contributed by atoms with van der Waals surface area (Å²) >= 11 is 0. The summed E-state index contributed by atoms with van der Waals surface area (Å²) in [6.45, 7) is 0.0779. The number of benzene rings is 2. The van der Waals surface area contributed by atoms with Crippen LogP contribution in [0.4, 0.5) is 5.69 Å². The molecular formula is C15H17NO3. The molecule has 1 atom stereocenters. The van der Waals surface area contributed by atoms with Crippen LogP contribution in [0.2, 0.25) is 0 Å². The second-order valence-electron chi connectivity index (χ2n) is 4.26. The van der Waals surface area contributed by atoms with Crippen LogP contribution in [0.5, 0.6) is 5.75 Å². The van der Waals surface area contributed by atoms with E-state index in [-0.39, 0.29) is 13.2 Å². The van der Waals surface area contributed by atoms with Crippen molar-refractivity contribution in [2.45, 2.75) is 12.7 Å². The van der Waals surface area contributed by atoms with Crippen molar-refractivity contribution in [1.29, 1.82) is 0 Å². The van der Waals surface area contributed by atoms with Crippen LogP contribution in [0, 0.1) is 0 Å². The largest absolute Gasteiger partial charge is 0.491 e. The highest BCUT2D eigenvalue weighted by molar-refractivity contribution is 5.47. The van der Waals surface area contributed by atoms with Gasteiger partial charge in [0.15, 0.2) is 0 Å². The van der Waals surface area contributed by atoms with Gasteiger partial charge in [0, 0.05) is 11.3 Å². The Bertz CT molecular complexity index is 542. The Labute approximate surface area is 112 Å². The maximum Gasteiger partial charge on any atom is 0.119 e. The first-order valence-corrected chi connectivity index (χ1v) is 6.06. The van der Waals surface area contributed by atoms with E-state index < -0.39 is 6.10 Å². The summed E-state index contributed by atoms with van der Waals surface area (Å²) in [6.07, 6.45) is -0.779. The molecule has 2 aromatic rings. The van der Waals surface area contributed by atoms with Crippen molar-refractivity contribution in [1.82, 2.24) is 0 Å². The van der Waals surface area contributed by atoms with Gasteiger partial charge in [-0.15, -0.1) is 0 Å². The van der Waals surface area contributed by atoms with Crippen molar-refractivity contribution in [3.63, 3.8) is 0 Å². The monoisotopic (exact) mass is 259 g/mol. The van der Waals surface area contributed by atoms with E-state index in [2.05, 4.69) is 0 Å². The van der Waals surface area contributed by atoms with Crippen LogP contribution in [0.15, 0.2) is 48.5 Å². The topological polar surface area (TPSA) is 75.7 Å². The van der Waals surface area contributed by atoms with E-state index in [1.54, 1.807) is 36.4 Å². The SMILES string of the molecule is Nc1ccccc1C(O)COc1cccc(CO)c1. The van der Waals surface area contributed by atoms with Gasteiger partial charge in [-0.3, -0.25) is 0 Å². The number of para-hydroxylation sites is 1. The summed E-state index contributed by atoms with van der Waals surface area (Å²) in [6, 6.07) is 14.3. The Kier molecular flexibility index (Phi) is 4.39. The van der Waals surface area contributed by atoms with Crippen molar-refractivity contribution >= 4 is 5.69 Å². The highest BCUT2D eigenvalue weighted by Gasteiger charge is 2.11. The highest BCUT2D eigenvalue weighted by Crippen LogP contribution is 2.21. The summed E-state index contributed by atoms with van der Waals surface area (Å²) < 4.78 is 5.50. The average molecular weight is 259 g/mol. The van der Waals surface area contributed by atoms with Crippen molar-refractivity contribution in [2.75, 3.05) is 12.3 Å². The minimum absolute atomic E-state index is 0.0363. The Balaban J connectivity index is 2.00. The molecule has 0 radical (unpaired) electrons. The lowest BCUT2D eigenvalue weighted by molar-refractivity contribution is 0.108. The molecule has 0 saturated heterocycles. The smallest absolute Gasteiger partial charge is 0.119 e. The molecule has 4 N–H and O–H groups in total. The fourth-order valence-electron chi connectivity index (χ4n) is 1.81. The molecule has 100 valence electrons. The van der Waals surface area contributed by atoms with Gasteiger partial charge in [0.05, 0.1) is 6.61 Å². The third-order valence-corrected chi connectivity index (χ3v) is 2.84. The molecular weight excluding hydrogens is 242 g/mol. The Morgan fingerprint density at radius 2 is 1.89 bits per heavy atom. The van der Waals surface area contributed by atoms with Crippen LogP contribution in [-0.4, -0.2) is 16.8 Å². The lowest BCUT2D eigenvalue weighted by atomic mass is 10.1. The second-order valence-corrected chi connectivity index (χ2v) is 4.26. The molecule has 0 aliphatic rings. The first-order valence-electron chi connectivity index (χ1n) is 6.06. The summed E-state index contributed by atoms with van der Waals surface area (Å²) in [5, 5.41) is 19.1. The number of nitrogens with two attached hydrogens (primary N) is 1. The standard InChI is InChI=1S/C15H17NO3/c16-14-7-2-1-6-13(14)15(18)10-19-12-5-3-4-11(8-12)9-17/h1-8,15,17-18H,9-10,16H2. The van der Waals surface area contributed by atoms with Gasteiger partial charge in [-0.05, 0) is 23.8 Å². The molecule has 0 aliphatic carbocycles. The molecule has 0 heterocycles. The van der Waals surface area contributed by atoms with Crippen molar-refractivity contribution in [3.05, 3.63) is 59.7 Å². The lowest BCUT2D eigenvalue weighted by Crippen LogP contribution is -2.11. The molecule has 0 aromatic heterocycles. The molecule has 0 amide bonds. The van der Waals surface area contributed by atoms with E-state index in [1.165, 1.54) is 0 Å². The van der Waals surface area contributed by atoms with Gasteiger partial charge in [0.2, 0.25) is 0 Å². The summed E-state index contributed by atoms with van der Waals surface area (Å²) in [7, 11) is 0. The van der Waals surface area contributed by atoms with Crippen LogP contribution < -0.4 is 10.5 Å². The number of hydrogen-bond donors (Lipinski definition) is 3. The number of hydrogen-bond acceptors (Lipinski definition) is 4. The number of rotatable bonds is 5. The highest BCUT2D eigenvalue weighted by atomic mass is 16.5. The third kappa shape index (κ3) is 3.47. The predicted octanol–water partition coefficient (Wildman–Crippen LogP) is 1.87. The Hall–Kier alpha value is -2.04. The zero-order chi connectivity index (χ0) is 13.7. The van der Waals surface area contributed by atoms with Gasteiger partial charge in [0.1, 0.15) is 18.5 Å². The van der Waals surface area contributed by atoms with Gasteiger partial charge in [-0.1, -0.05) is 30.3 Å². The van der Waals surface area contributed by atoms with Crippen molar-refractivity contribution in [2.24, 2.45) is 0 Å². The first kappa shape index (κ1) is 13.4. The molecule has 2 rings (SSSR count). The second kappa shape index (κ2) is 6.22. The number of aliphatic hydroxyl groups excluding tert-OH is 2. The number of aliphatic hydroxyl groups is 2. The van der Waals surface area contributed by atoms with Gasteiger partial charge in [0.25, 0.3) is 0 Å². The van der Waals surface area contributed by atoms with Crippen molar-refractivity contribution in [3.8, 4) is 5.75 Å². The Morgan fingerprint density at radius 3 is 2.63 bits per heavy atom. The molecule has 2 aromatic carbocycles. The quantitative estimate of drug-likeness (QED) is 0.716. The van der Waals surface area contributed by atoms with E-state index in [9.17, 15) is 5.11 Å². The summed E-state index contributed by atoms with van der Waals surface area (Å²) in [5.74, 6) is 0.611. The van der Waals surface area contributed by atoms with E-state index in [4.69, 9.17) is 15.6 Å². The van der Waals surface area contributed by atoms with Gasteiger partial charge < -0.3 is 20.7 Å².